The molecule has 6 nitrogen and oxygen atoms in total. The predicted octanol–water partition coefficient (Wildman–Crippen LogP) is 1.91. The van der Waals surface area contributed by atoms with E-state index < -0.39 is 0 Å². The highest BCUT2D eigenvalue weighted by Gasteiger charge is 2.13. The van der Waals surface area contributed by atoms with Gasteiger partial charge >= 0.3 is 0 Å². The molecule has 0 aromatic carbocycles. The van der Waals surface area contributed by atoms with Crippen LogP contribution in [0.2, 0.25) is 0 Å². The molecule has 3 heterocycles. The Morgan fingerprint density at radius 1 is 1.38 bits per heavy atom. The van der Waals surface area contributed by atoms with Crippen LogP contribution >= 0.6 is 11.3 Å². The summed E-state index contributed by atoms with van der Waals surface area (Å²) in [4.78, 5) is 33.0. The number of pyridine rings is 1. The molecule has 124 valence electrons. The second kappa shape index (κ2) is 6.92. The van der Waals surface area contributed by atoms with E-state index in [1.165, 1.54) is 22.2 Å². The van der Waals surface area contributed by atoms with Gasteiger partial charge in [-0.05, 0) is 36.9 Å². The number of carbonyl (C=O) groups is 1. The van der Waals surface area contributed by atoms with E-state index in [-0.39, 0.29) is 24.1 Å². The van der Waals surface area contributed by atoms with Gasteiger partial charge in [-0.25, -0.2) is 4.98 Å². The van der Waals surface area contributed by atoms with Crippen molar-refractivity contribution in [2.75, 3.05) is 0 Å². The Bertz CT molecular complexity index is 931. The number of nitrogens with one attached hydrogen (secondary N) is 1. The zero-order valence-electron chi connectivity index (χ0n) is 13.5. The number of carbonyl (C=O) groups excluding carboxylic acids is 1. The van der Waals surface area contributed by atoms with Crippen molar-refractivity contribution >= 4 is 27.5 Å². The molecule has 0 saturated carbocycles. The van der Waals surface area contributed by atoms with Crippen LogP contribution in [-0.4, -0.2) is 26.5 Å². The third kappa shape index (κ3) is 3.51. The maximum Gasteiger partial charge on any atom is 0.271 e. The Balaban J connectivity index is 1.65. The number of nitrogens with zero attached hydrogens (tertiary/aromatic N) is 3. The van der Waals surface area contributed by atoms with Crippen LogP contribution < -0.4 is 10.9 Å². The van der Waals surface area contributed by atoms with E-state index in [0.29, 0.717) is 16.6 Å². The Labute approximate surface area is 143 Å². The summed E-state index contributed by atoms with van der Waals surface area (Å²) in [5, 5.41) is 4.73. The third-order valence-corrected chi connectivity index (χ3v) is 4.67. The predicted molar refractivity (Wildman–Crippen MR) is 94.2 cm³/mol. The van der Waals surface area contributed by atoms with Crippen molar-refractivity contribution in [2.45, 2.75) is 32.9 Å². The first kappa shape index (κ1) is 16.3. The van der Waals surface area contributed by atoms with Gasteiger partial charge < -0.3 is 5.32 Å². The molecule has 1 atom stereocenters. The number of rotatable bonds is 5. The van der Waals surface area contributed by atoms with E-state index in [4.69, 9.17) is 0 Å². The number of aryl methyl sites for hydroxylation is 1. The molecule has 24 heavy (non-hydrogen) atoms. The molecule has 0 unspecified atom stereocenters. The van der Waals surface area contributed by atoms with Gasteiger partial charge in [0.15, 0.2) is 0 Å². The van der Waals surface area contributed by atoms with Gasteiger partial charge in [0, 0.05) is 24.4 Å². The summed E-state index contributed by atoms with van der Waals surface area (Å²) >= 11 is 1.34. The first-order valence-corrected chi connectivity index (χ1v) is 8.55. The molecule has 1 N–H and O–H groups in total. The quantitative estimate of drug-likeness (QED) is 0.768. The number of aromatic nitrogens is 3. The van der Waals surface area contributed by atoms with Gasteiger partial charge in [-0.15, -0.1) is 11.3 Å². The molecule has 0 aliphatic rings. The lowest BCUT2D eigenvalue weighted by molar-refractivity contribution is -0.122. The molecule has 0 aliphatic carbocycles. The fourth-order valence-electron chi connectivity index (χ4n) is 2.54. The Kier molecular flexibility index (Phi) is 4.71. The van der Waals surface area contributed by atoms with Gasteiger partial charge in [-0.3, -0.25) is 19.1 Å². The number of hydrogen-bond donors (Lipinski definition) is 1. The lowest BCUT2D eigenvalue weighted by atomic mass is 10.1. The van der Waals surface area contributed by atoms with Gasteiger partial charge in [0.1, 0.15) is 11.2 Å². The minimum absolute atomic E-state index is 0.0365. The van der Waals surface area contributed by atoms with E-state index in [0.717, 1.165) is 11.3 Å². The number of thiophene rings is 1. The van der Waals surface area contributed by atoms with Crippen LogP contribution in [0.5, 0.6) is 0 Å². The Morgan fingerprint density at radius 3 is 3.00 bits per heavy atom. The largest absolute Gasteiger partial charge is 0.352 e. The van der Waals surface area contributed by atoms with Gasteiger partial charge in [-0.2, -0.15) is 0 Å². The summed E-state index contributed by atoms with van der Waals surface area (Å²) in [6, 6.07) is 5.61. The molecule has 3 aromatic rings. The van der Waals surface area contributed by atoms with Gasteiger partial charge in [0.05, 0.1) is 11.8 Å². The molecular weight excluding hydrogens is 324 g/mol. The summed E-state index contributed by atoms with van der Waals surface area (Å²) < 4.78 is 1.91. The monoisotopic (exact) mass is 342 g/mol. The van der Waals surface area contributed by atoms with Crippen LogP contribution in [0.15, 0.2) is 40.9 Å². The molecule has 0 aliphatic heterocycles. The summed E-state index contributed by atoms with van der Waals surface area (Å²) in [7, 11) is 0. The van der Waals surface area contributed by atoms with Gasteiger partial charge in [0.25, 0.3) is 5.56 Å². The maximum absolute atomic E-state index is 12.3. The van der Waals surface area contributed by atoms with Crippen molar-refractivity contribution in [3.63, 3.8) is 0 Å². The molecule has 0 fully saturated rings. The fraction of sp³-hybridized carbons (Fsp3) is 0.294. The molecule has 7 heteroatoms. The van der Waals surface area contributed by atoms with Crippen molar-refractivity contribution in [3.05, 3.63) is 57.7 Å². The normalized spacial score (nSPS) is 12.2. The van der Waals surface area contributed by atoms with Crippen molar-refractivity contribution < 1.29 is 4.79 Å². The zero-order valence-corrected chi connectivity index (χ0v) is 14.3. The van der Waals surface area contributed by atoms with Gasteiger partial charge in [0.2, 0.25) is 5.91 Å². The minimum atomic E-state index is -0.212. The van der Waals surface area contributed by atoms with Crippen LogP contribution in [0.3, 0.4) is 0 Å². The molecule has 3 aromatic heterocycles. The van der Waals surface area contributed by atoms with Crippen LogP contribution in [0.25, 0.3) is 10.2 Å². The summed E-state index contributed by atoms with van der Waals surface area (Å²) in [6.45, 7) is 3.89. The highest BCUT2D eigenvalue weighted by atomic mass is 32.1. The SMILES string of the molecule is Cc1cccnc1C[C@H](C)NC(=O)Cn1cnc2ccsc2c1=O. The minimum Gasteiger partial charge on any atom is -0.352 e. The van der Waals surface area contributed by atoms with Crippen LogP contribution in [0.1, 0.15) is 18.2 Å². The maximum atomic E-state index is 12.3. The molecule has 1 amide bonds. The molecular formula is C17H18N4O2S. The van der Waals surface area contributed by atoms with Crippen LogP contribution in [0.4, 0.5) is 0 Å². The van der Waals surface area contributed by atoms with Gasteiger partial charge in [-0.1, -0.05) is 6.07 Å². The topological polar surface area (TPSA) is 76.9 Å². The number of hydrogen-bond acceptors (Lipinski definition) is 5. The Hall–Kier alpha value is -2.54. The zero-order chi connectivity index (χ0) is 17.1. The summed E-state index contributed by atoms with van der Waals surface area (Å²) in [5.74, 6) is -0.212. The van der Waals surface area contributed by atoms with Crippen molar-refractivity contribution in [3.8, 4) is 0 Å². The average molecular weight is 342 g/mol. The van der Waals surface area contributed by atoms with E-state index in [9.17, 15) is 9.59 Å². The molecule has 0 saturated heterocycles. The van der Waals surface area contributed by atoms with Crippen molar-refractivity contribution in [1.82, 2.24) is 19.9 Å². The molecule has 0 spiro atoms. The summed E-state index contributed by atoms with van der Waals surface area (Å²) in [5.41, 5.74) is 2.55. The van der Waals surface area contributed by atoms with Crippen LogP contribution in [0, 0.1) is 6.92 Å². The van der Waals surface area contributed by atoms with Crippen molar-refractivity contribution in [1.29, 1.82) is 0 Å². The summed E-state index contributed by atoms with van der Waals surface area (Å²) in [6.07, 6.45) is 3.82. The van der Waals surface area contributed by atoms with Crippen molar-refractivity contribution in [2.24, 2.45) is 0 Å². The molecule has 0 radical (unpaired) electrons. The molecule has 0 bridgehead atoms. The average Bonchev–Trinajstić information content (AvgIpc) is 3.01. The van der Waals surface area contributed by atoms with E-state index in [1.807, 2.05) is 31.4 Å². The standard InChI is InChI=1S/C17H18N4O2S/c1-11-4-3-6-18-14(11)8-12(2)20-15(22)9-21-10-19-13-5-7-24-16(13)17(21)23/h3-7,10,12H,8-9H2,1-2H3,(H,20,22)/t12-/m0/s1. The van der Waals surface area contributed by atoms with E-state index in [1.54, 1.807) is 12.3 Å². The van der Waals surface area contributed by atoms with E-state index in [2.05, 4.69) is 15.3 Å². The lowest BCUT2D eigenvalue weighted by Gasteiger charge is -2.15. The highest BCUT2D eigenvalue weighted by molar-refractivity contribution is 7.17. The first-order valence-electron chi connectivity index (χ1n) is 7.67. The second-order valence-electron chi connectivity index (χ2n) is 5.75. The lowest BCUT2D eigenvalue weighted by Crippen LogP contribution is -2.38. The Morgan fingerprint density at radius 2 is 2.21 bits per heavy atom. The molecule has 3 rings (SSSR count). The van der Waals surface area contributed by atoms with E-state index >= 15 is 0 Å². The highest BCUT2D eigenvalue weighted by Crippen LogP contribution is 2.13. The van der Waals surface area contributed by atoms with Crippen LogP contribution in [-0.2, 0) is 17.8 Å². The third-order valence-electron chi connectivity index (χ3n) is 3.77. The fourth-order valence-corrected chi connectivity index (χ4v) is 3.33. The number of amides is 1. The second-order valence-corrected chi connectivity index (χ2v) is 6.67. The first-order chi connectivity index (χ1) is 11.5. The smallest absolute Gasteiger partial charge is 0.271 e. The number of fused-ring (bicyclic) bond motifs is 1.